The molecule has 0 unspecified atom stereocenters. The predicted molar refractivity (Wildman–Crippen MR) is 89.0 cm³/mol. The van der Waals surface area contributed by atoms with E-state index in [0.29, 0.717) is 15.8 Å². The smallest absolute Gasteiger partial charge is 0.267 e. The number of nitrogens with zero attached hydrogens (tertiary/aromatic N) is 2. The number of para-hydroxylation sites is 1. The van der Waals surface area contributed by atoms with E-state index >= 15 is 0 Å². The van der Waals surface area contributed by atoms with Gasteiger partial charge in [-0.3, -0.25) is 4.79 Å². The minimum Gasteiger partial charge on any atom is -0.337 e. The van der Waals surface area contributed by atoms with E-state index in [-0.39, 0.29) is 5.57 Å². The van der Waals surface area contributed by atoms with Crippen LogP contribution in [0.1, 0.15) is 10.6 Å². The summed E-state index contributed by atoms with van der Waals surface area (Å²) >= 11 is 7.42. The van der Waals surface area contributed by atoms with Crippen molar-refractivity contribution in [3.05, 3.63) is 51.6 Å². The number of amides is 1. The second kappa shape index (κ2) is 7.07. The number of nitrogens with one attached hydrogen (secondary N) is 2. The van der Waals surface area contributed by atoms with Crippen molar-refractivity contribution in [3.63, 3.8) is 0 Å². The number of carbonyl (C=O) groups excluding carboxylic acids is 1. The average molecular weight is 333 g/mol. The number of nitriles is 1. The minimum absolute atomic E-state index is 0.0644. The molecule has 0 aliphatic rings. The zero-order valence-corrected chi connectivity index (χ0v) is 13.5. The Balaban J connectivity index is 2.10. The maximum absolute atomic E-state index is 12.1. The number of aryl methyl sites for hydroxylation is 2. The van der Waals surface area contributed by atoms with E-state index < -0.39 is 5.91 Å². The normalized spacial score (nSPS) is 10.9. The number of hydrogen-bond acceptors (Lipinski definition) is 5. The Hall–Kier alpha value is -2.36. The van der Waals surface area contributed by atoms with E-state index in [2.05, 4.69) is 15.6 Å². The second-order valence-corrected chi connectivity index (χ2v) is 6.02. The number of halogens is 1. The molecule has 2 rings (SSSR count). The maximum atomic E-state index is 12.1. The van der Waals surface area contributed by atoms with Gasteiger partial charge in [0.15, 0.2) is 5.13 Å². The van der Waals surface area contributed by atoms with Crippen molar-refractivity contribution in [2.45, 2.75) is 13.8 Å². The summed E-state index contributed by atoms with van der Waals surface area (Å²) in [4.78, 5) is 17.4. The summed E-state index contributed by atoms with van der Waals surface area (Å²) in [6, 6.07) is 8.68. The molecule has 22 heavy (non-hydrogen) atoms. The highest BCUT2D eigenvalue weighted by Gasteiger charge is 2.11. The van der Waals surface area contributed by atoms with Crippen LogP contribution in [0.3, 0.4) is 0 Å². The lowest BCUT2D eigenvalue weighted by molar-refractivity contribution is -0.112. The number of anilines is 2. The molecule has 0 aliphatic carbocycles. The van der Waals surface area contributed by atoms with E-state index in [1.165, 1.54) is 17.5 Å². The predicted octanol–water partition coefficient (Wildman–Crippen LogP) is 3.87. The molecule has 2 N–H and O–H groups in total. The average Bonchev–Trinajstić information content (AvgIpc) is 2.81. The summed E-state index contributed by atoms with van der Waals surface area (Å²) in [7, 11) is 0. The van der Waals surface area contributed by atoms with E-state index in [4.69, 9.17) is 16.9 Å². The quantitative estimate of drug-likeness (QED) is 0.658. The van der Waals surface area contributed by atoms with Gasteiger partial charge in [-0.25, -0.2) is 4.98 Å². The topological polar surface area (TPSA) is 77.8 Å². The van der Waals surface area contributed by atoms with Crippen LogP contribution < -0.4 is 10.6 Å². The summed E-state index contributed by atoms with van der Waals surface area (Å²) in [5.41, 5.74) is 1.31. The van der Waals surface area contributed by atoms with Crippen molar-refractivity contribution < 1.29 is 4.79 Å². The van der Waals surface area contributed by atoms with Crippen LogP contribution in [-0.4, -0.2) is 10.9 Å². The molecule has 1 amide bonds. The molecule has 0 aliphatic heterocycles. The summed E-state index contributed by atoms with van der Waals surface area (Å²) in [5, 5.41) is 15.6. The number of hydrogen-bond donors (Lipinski definition) is 2. The molecule has 0 saturated heterocycles. The molecule has 0 bridgehead atoms. The van der Waals surface area contributed by atoms with Gasteiger partial charge in [-0.05, 0) is 26.0 Å². The third kappa shape index (κ3) is 3.85. The van der Waals surface area contributed by atoms with Gasteiger partial charge in [-0.15, -0.1) is 11.3 Å². The van der Waals surface area contributed by atoms with E-state index in [1.54, 1.807) is 24.3 Å². The highest BCUT2D eigenvalue weighted by Crippen LogP contribution is 2.22. The van der Waals surface area contributed by atoms with Gasteiger partial charge in [0.25, 0.3) is 5.91 Å². The minimum atomic E-state index is -0.534. The van der Waals surface area contributed by atoms with Crippen molar-refractivity contribution in [2.24, 2.45) is 0 Å². The van der Waals surface area contributed by atoms with Gasteiger partial charge >= 0.3 is 0 Å². The first-order chi connectivity index (χ1) is 10.5. The SMILES string of the molecule is Cc1nc(N/C=C(/C#N)C(=O)Nc2ccccc2Cl)sc1C. The van der Waals surface area contributed by atoms with Gasteiger partial charge in [0, 0.05) is 11.1 Å². The molecule has 112 valence electrons. The lowest BCUT2D eigenvalue weighted by Gasteiger charge is -2.05. The van der Waals surface area contributed by atoms with Gasteiger partial charge in [-0.2, -0.15) is 5.26 Å². The van der Waals surface area contributed by atoms with Gasteiger partial charge in [0.05, 0.1) is 16.4 Å². The van der Waals surface area contributed by atoms with Gasteiger partial charge < -0.3 is 10.6 Å². The van der Waals surface area contributed by atoms with Crippen LogP contribution in [0, 0.1) is 25.2 Å². The molecule has 1 aromatic heterocycles. The third-order valence-corrected chi connectivity index (χ3v) is 4.19. The van der Waals surface area contributed by atoms with Crippen LogP contribution in [0.2, 0.25) is 5.02 Å². The number of thiazole rings is 1. The Morgan fingerprint density at radius 2 is 2.14 bits per heavy atom. The fraction of sp³-hybridized carbons (Fsp3) is 0.133. The Morgan fingerprint density at radius 1 is 1.41 bits per heavy atom. The number of benzene rings is 1. The summed E-state index contributed by atoms with van der Waals surface area (Å²) in [5.74, 6) is -0.534. The van der Waals surface area contributed by atoms with Crippen LogP contribution >= 0.6 is 22.9 Å². The zero-order chi connectivity index (χ0) is 16.1. The van der Waals surface area contributed by atoms with Gasteiger partial charge in [0.1, 0.15) is 11.6 Å². The lowest BCUT2D eigenvalue weighted by Crippen LogP contribution is -2.14. The molecule has 1 aromatic carbocycles. The molecule has 0 radical (unpaired) electrons. The molecular weight excluding hydrogens is 320 g/mol. The Kier molecular flexibility index (Phi) is 5.15. The van der Waals surface area contributed by atoms with Crippen molar-refractivity contribution in [1.29, 1.82) is 5.26 Å². The van der Waals surface area contributed by atoms with Crippen molar-refractivity contribution in [1.82, 2.24) is 4.98 Å². The van der Waals surface area contributed by atoms with E-state index in [0.717, 1.165) is 10.6 Å². The largest absolute Gasteiger partial charge is 0.337 e. The molecule has 2 aromatic rings. The standard InChI is InChI=1S/C15H13ClN4OS/c1-9-10(2)22-15(19-9)18-8-11(7-17)14(21)20-13-6-4-3-5-12(13)16/h3-6,8H,1-2H3,(H,18,19)(H,20,21)/b11-8-. The van der Waals surface area contributed by atoms with Crippen LogP contribution in [0.4, 0.5) is 10.8 Å². The van der Waals surface area contributed by atoms with Crippen LogP contribution in [-0.2, 0) is 4.79 Å². The van der Waals surface area contributed by atoms with Crippen LogP contribution in [0.5, 0.6) is 0 Å². The van der Waals surface area contributed by atoms with E-state index in [1.807, 2.05) is 19.9 Å². The van der Waals surface area contributed by atoms with Crippen LogP contribution in [0.15, 0.2) is 36.0 Å². The first-order valence-electron chi connectivity index (χ1n) is 6.38. The molecule has 5 nitrogen and oxygen atoms in total. The molecule has 0 saturated carbocycles. The lowest BCUT2D eigenvalue weighted by atomic mass is 10.2. The van der Waals surface area contributed by atoms with Crippen molar-refractivity contribution in [2.75, 3.05) is 10.6 Å². The summed E-state index contributed by atoms with van der Waals surface area (Å²) in [6.07, 6.45) is 1.34. The number of rotatable bonds is 4. The van der Waals surface area contributed by atoms with Crippen molar-refractivity contribution >= 4 is 39.7 Å². The highest BCUT2D eigenvalue weighted by atomic mass is 35.5. The number of carbonyl (C=O) groups is 1. The fourth-order valence-corrected chi connectivity index (χ4v) is 2.54. The molecule has 0 fully saturated rings. The highest BCUT2D eigenvalue weighted by molar-refractivity contribution is 7.15. The zero-order valence-electron chi connectivity index (χ0n) is 12.0. The molecule has 7 heteroatoms. The van der Waals surface area contributed by atoms with E-state index in [9.17, 15) is 4.79 Å². The Labute approximate surface area is 137 Å². The molecular formula is C15H13ClN4OS. The molecule has 0 atom stereocenters. The van der Waals surface area contributed by atoms with Crippen molar-refractivity contribution in [3.8, 4) is 6.07 Å². The van der Waals surface area contributed by atoms with Gasteiger partial charge in [0.2, 0.25) is 0 Å². The first-order valence-corrected chi connectivity index (χ1v) is 7.57. The second-order valence-electron chi connectivity index (χ2n) is 4.41. The molecule has 1 heterocycles. The maximum Gasteiger partial charge on any atom is 0.267 e. The van der Waals surface area contributed by atoms with Crippen LogP contribution in [0.25, 0.3) is 0 Å². The summed E-state index contributed by atoms with van der Waals surface area (Å²) < 4.78 is 0. The summed E-state index contributed by atoms with van der Waals surface area (Å²) in [6.45, 7) is 3.85. The number of aromatic nitrogens is 1. The third-order valence-electron chi connectivity index (χ3n) is 2.86. The Morgan fingerprint density at radius 3 is 2.73 bits per heavy atom. The van der Waals surface area contributed by atoms with Gasteiger partial charge in [-0.1, -0.05) is 23.7 Å². The Bertz CT molecular complexity index is 757. The first kappa shape index (κ1) is 16.0. The monoisotopic (exact) mass is 332 g/mol. The fourth-order valence-electron chi connectivity index (χ4n) is 1.57. The molecule has 0 spiro atoms.